The van der Waals surface area contributed by atoms with E-state index in [1.165, 1.54) is 7.11 Å². The molecule has 1 heterocycles. The molecule has 2 aliphatic rings. The zero-order valence-electron chi connectivity index (χ0n) is 17.6. The second-order valence-electron chi connectivity index (χ2n) is 7.21. The molecule has 0 aromatic heterocycles. The number of hydrogen-bond donors (Lipinski definition) is 1. The molecule has 0 saturated heterocycles. The van der Waals surface area contributed by atoms with E-state index in [4.69, 9.17) is 14.2 Å². The van der Waals surface area contributed by atoms with Crippen LogP contribution in [0, 0.1) is 0 Å². The number of ketones is 1. The van der Waals surface area contributed by atoms with Crippen LogP contribution in [-0.4, -0.2) is 44.7 Å². The van der Waals surface area contributed by atoms with Gasteiger partial charge in [-0.1, -0.05) is 12.1 Å². The molecule has 3 rings (SSSR count). The van der Waals surface area contributed by atoms with E-state index in [0.717, 1.165) is 24.1 Å². The van der Waals surface area contributed by atoms with Crippen molar-refractivity contribution in [1.82, 2.24) is 5.32 Å². The van der Waals surface area contributed by atoms with Gasteiger partial charge < -0.3 is 19.5 Å². The van der Waals surface area contributed by atoms with Gasteiger partial charge in [0.25, 0.3) is 0 Å². The first-order chi connectivity index (χ1) is 14.5. The lowest BCUT2D eigenvalue weighted by Gasteiger charge is -2.34. The third-order valence-electron chi connectivity index (χ3n) is 5.33. The van der Waals surface area contributed by atoms with E-state index in [0.29, 0.717) is 42.0 Å². The molecule has 0 unspecified atom stereocenters. The number of dihydropyridines is 1. The summed E-state index contributed by atoms with van der Waals surface area (Å²) >= 11 is 0. The van der Waals surface area contributed by atoms with Crippen molar-refractivity contribution >= 4 is 17.7 Å². The van der Waals surface area contributed by atoms with E-state index in [1.54, 1.807) is 24.3 Å². The van der Waals surface area contributed by atoms with Crippen LogP contribution in [0.25, 0.3) is 0 Å². The summed E-state index contributed by atoms with van der Waals surface area (Å²) in [4.78, 5) is 37.6. The first-order valence-corrected chi connectivity index (χ1v) is 10.1. The fourth-order valence-corrected chi connectivity index (χ4v) is 3.93. The monoisotopic (exact) mass is 413 g/mol. The Morgan fingerprint density at radius 3 is 2.50 bits per heavy atom. The normalized spacial score (nSPS) is 18.6. The summed E-state index contributed by atoms with van der Waals surface area (Å²) in [5, 5.41) is 3.25. The molecule has 30 heavy (non-hydrogen) atoms. The molecule has 0 amide bonds. The Balaban J connectivity index is 1.98. The molecule has 0 saturated carbocycles. The van der Waals surface area contributed by atoms with Gasteiger partial charge in [-0.05, 0) is 44.4 Å². The quantitative estimate of drug-likeness (QED) is 0.543. The fraction of sp³-hybridized carbons (Fsp3) is 0.435. The van der Waals surface area contributed by atoms with Crippen molar-refractivity contribution in [3.8, 4) is 0 Å². The highest BCUT2D eigenvalue weighted by Crippen LogP contribution is 2.42. The second-order valence-corrected chi connectivity index (χ2v) is 7.21. The molecule has 1 atom stereocenters. The molecule has 1 N–H and O–H groups in total. The topological polar surface area (TPSA) is 90.9 Å². The number of nitrogens with one attached hydrogen (secondary N) is 1. The number of methoxy groups -OCH3 is 1. The summed E-state index contributed by atoms with van der Waals surface area (Å²) in [5.74, 6) is -1.44. The molecule has 7 heteroatoms. The van der Waals surface area contributed by atoms with Gasteiger partial charge in [-0.25, -0.2) is 9.59 Å². The minimum Gasteiger partial charge on any atom is -0.465 e. The van der Waals surface area contributed by atoms with Gasteiger partial charge in [0.1, 0.15) is 6.61 Å². The minimum atomic E-state index is -0.541. The van der Waals surface area contributed by atoms with E-state index in [9.17, 15) is 14.4 Å². The Kier molecular flexibility index (Phi) is 7.05. The van der Waals surface area contributed by atoms with Gasteiger partial charge in [0.15, 0.2) is 5.78 Å². The maximum atomic E-state index is 13.0. The van der Waals surface area contributed by atoms with Crippen molar-refractivity contribution in [2.45, 2.75) is 39.0 Å². The molecule has 0 radical (unpaired) electrons. The number of allylic oxidation sites excluding steroid dienone is 3. The molecule has 1 aliphatic carbocycles. The summed E-state index contributed by atoms with van der Waals surface area (Å²) in [6.45, 7) is 4.68. The van der Waals surface area contributed by atoms with Crippen molar-refractivity contribution in [3.05, 3.63) is 57.9 Å². The van der Waals surface area contributed by atoms with Crippen LogP contribution in [0.1, 0.15) is 54.9 Å². The summed E-state index contributed by atoms with van der Waals surface area (Å²) in [6, 6.07) is 6.80. The highest BCUT2D eigenvalue weighted by molar-refractivity contribution is 6.03. The van der Waals surface area contributed by atoms with Crippen LogP contribution in [0.2, 0.25) is 0 Å². The lowest BCUT2D eigenvalue weighted by Crippen LogP contribution is -2.34. The van der Waals surface area contributed by atoms with Gasteiger partial charge in [0, 0.05) is 35.9 Å². The van der Waals surface area contributed by atoms with Crippen molar-refractivity contribution in [2.75, 3.05) is 26.9 Å². The Hall–Kier alpha value is -2.93. The van der Waals surface area contributed by atoms with Crippen molar-refractivity contribution in [3.63, 3.8) is 0 Å². The zero-order valence-corrected chi connectivity index (χ0v) is 17.6. The number of Topliss-reactive ketones (excluding diaryl/α,β-unsaturated/α-hetero) is 1. The van der Waals surface area contributed by atoms with Crippen LogP contribution in [0.3, 0.4) is 0 Å². The van der Waals surface area contributed by atoms with Crippen LogP contribution in [-0.2, 0) is 23.8 Å². The molecule has 7 nitrogen and oxygen atoms in total. The molecule has 0 fully saturated rings. The van der Waals surface area contributed by atoms with Crippen LogP contribution in [0.15, 0.2) is 46.8 Å². The largest absolute Gasteiger partial charge is 0.465 e. The zero-order chi connectivity index (χ0) is 21.7. The van der Waals surface area contributed by atoms with E-state index in [1.807, 2.05) is 13.8 Å². The standard InChI is InChI=1S/C23H27NO6/c1-4-29-12-13-30-23(27)19-14(2)24-17-6-5-7-18(25)21(17)20(19)15-8-10-16(11-9-15)22(26)28-3/h8-11,20,24H,4-7,12-13H2,1-3H3/t20-/m1/s1. The highest BCUT2D eigenvalue weighted by Gasteiger charge is 2.39. The smallest absolute Gasteiger partial charge is 0.337 e. The first-order valence-electron chi connectivity index (χ1n) is 10.1. The molecular weight excluding hydrogens is 386 g/mol. The van der Waals surface area contributed by atoms with Gasteiger partial charge >= 0.3 is 11.9 Å². The average Bonchev–Trinajstić information content (AvgIpc) is 2.75. The number of ether oxygens (including phenoxy) is 3. The summed E-state index contributed by atoms with van der Waals surface area (Å²) in [6.07, 6.45) is 1.98. The van der Waals surface area contributed by atoms with Crippen molar-refractivity contribution in [2.24, 2.45) is 0 Å². The van der Waals surface area contributed by atoms with Crippen LogP contribution in [0.4, 0.5) is 0 Å². The third kappa shape index (κ3) is 4.46. The van der Waals surface area contributed by atoms with Crippen LogP contribution >= 0.6 is 0 Å². The predicted octanol–water partition coefficient (Wildman–Crippen LogP) is 3.02. The van der Waals surface area contributed by atoms with Crippen LogP contribution < -0.4 is 5.32 Å². The molecule has 1 aliphatic heterocycles. The predicted molar refractivity (Wildman–Crippen MR) is 110 cm³/mol. The number of carbonyl (C=O) groups excluding carboxylic acids is 3. The minimum absolute atomic E-state index is 0.0258. The maximum Gasteiger partial charge on any atom is 0.337 e. The molecule has 160 valence electrons. The van der Waals surface area contributed by atoms with E-state index < -0.39 is 17.9 Å². The van der Waals surface area contributed by atoms with Gasteiger partial charge in [0.2, 0.25) is 0 Å². The number of benzene rings is 1. The van der Waals surface area contributed by atoms with E-state index in [-0.39, 0.29) is 12.4 Å². The summed E-state index contributed by atoms with van der Waals surface area (Å²) in [5.41, 5.74) is 3.70. The SMILES string of the molecule is CCOCCOC(=O)C1=C(C)NC2=C(C(=O)CCC2)[C@@H]1c1ccc(C(=O)OC)cc1. The average molecular weight is 413 g/mol. The molecule has 1 aromatic carbocycles. The molecule has 1 aromatic rings. The highest BCUT2D eigenvalue weighted by atomic mass is 16.6. The molecule has 0 bridgehead atoms. The Labute approximate surface area is 176 Å². The van der Waals surface area contributed by atoms with Gasteiger partial charge in [0.05, 0.1) is 24.9 Å². The summed E-state index contributed by atoms with van der Waals surface area (Å²) < 4.78 is 15.4. The number of carbonyl (C=O) groups is 3. The first kappa shape index (κ1) is 21.8. The Morgan fingerprint density at radius 1 is 1.10 bits per heavy atom. The maximum absolute atomic E-state index is 13.0. The summed E-state index contributed by atoms with van der Waals surface area (Å²) in [7, 11) is 1.32. The van der Waals surface area contributed by atoms with Crippen molar-refractivity contribution in [1.29, 1.82) is 0 Å². The Bertz CT molecular complexity index is 897. The van der Waals surface area contributed by atoms with Crippen molar-refractivity contribution < 1.29 is 28.6 Å². The number of esters is 2. The van der Waals surface area contributed by atoms with Gasteiger partial charge in [-0.2, -0.15) is 0 Å². The molecule has 0 spiro atoms. The molecular formula is C23H27NO6. The lowest BCUT2D eigenvalue weighted by atomic mass is 9.75. The lowest BCUT2D eigenvalue weighted by molar-refractivity contribution is -0.140. The van der Waals surface area contributed by atoms with Crippen LogP contribution in [0.5, 0.6) is 0 Å². The second kappa shape index (κ2) is 9.71. The van der Waals surface area contributed by atoms with E-state index in [2.05, 4.69) is 5.32 Å². The number of rotatable bonds is 7. The Morgan fingerprint density at radius 2 is 1.83 bits per heavy atom. The van der Waals surface area contributed by atoms with Gasteiger partial charge in [-0.3, -0.25) is 4.79 Å². The van der Waals surface area contributed by atoms with E-state index >= 15 is 0 Å². The number of hydrogen-bond acceptors (Lipinski definition) is 7. The van der Waals surface area contributed by atoms with Gasteiger partial charge in [-0.15, -0.1) is 0 Å². The fourth-order valence-electron chi connectivity index (χ4n) is 3.93. The third-order valence-corrected chi connectivity index (χ3v) is 5.33.